The van der Waals surface area contributed by atoms with Crippen molar-refractivity contribution in [2.24, 2.45) is 16.7 Å². The molecule has 0 aromatic heterocycles. The first-order valence-corrected chi connectivity index (χ1v) is 5.71. The molecule has 2 aliphatic rings. The van der Waals surface area contributed by atoms with E-state index in [9.17, 15) is 10.2 Å². The molecular weight excluding hydrogens is 176 g/mol. The van der Waals surface area contributed by atoms with E-state index in [1.165, 1.54) is 6.42 Å². The van der Waals surface area contributed by atoms with Gasteiger partial charge in [0.05, 0.1) is 5.60 Å². The molecule has 2 nitrogen and oxygen atoms in total. The van der Waals surface area contributed by atoms with Gasteiger partial charge in [-0.2, -0.15) is 0 Å². The van der Waals surface area contributed by atoms with E-state index in [0.717, 1.165) is 19.3 Å². The largest absolute Gasteiger partial charge is 0.396 e. The lowest BCUT2D eigenvalue weighted by molar-refractivity contribution is -0.0976. The molecule has 2 fully saturated rings. The fraction of sp³-hybridized carbons (Fsp3) is 1.00. The van der Waals surface area contributed by atoms with Crippen LogP contribution in [-0.4, -0.2) is 22.4 Å². The minimum Gasteiger partial charge on any atom is -0.396 e. The summed E-state index contributed by atoms with van der Waals surface area (Å²) >= 11 is 0. The summed E-state index contributed by atoms with van der Waals surface area (Å²) in [4.78, 5) is 0. The van der Waals surface area contributed by atoms with Gasteiger partial charge in [0.25, 0.3) is 0 Å². The number of aliphatic hydroxyl groups is 2. The predicted molar refractivity (Wildman–Crippen MR) is 55.9 cm³/mol. The lowest BCUT2D eigenvalue weighted by atomic mass is 9.62. The van der Waals surface area contributed by atoms with Gasteiger partial charge in [-0.1, -0.05) is 13.8 Å². The molecule has 2 rings (SSSR count). The lowest BCUT2D eigenvalue weighted by Gasteiger charge is -2.46. The zero-order valence-corrected chi connectivity index (χ0v) is 9.51. The quantitative estimate of drug-likeness (QED) is 0.712. The lowest BCUT2D eigenvalue weighted by Crippen LogP contribution is -2.47. The summed E-state index contributed by atoms with van der Waals surface area (Å²) < 4.78 is 0. The first-order valence-electron chi connectivity index (χ1n) is 5.71. The van der Waals surface area contributed by atoms with Gasteiger partial charge in [-0.3, -0.25) is 0 Å². The third-order valence-corrected chi connectivity index (χ3v) is 5.39. The molecule has 0 saturated heterocycles. The highest BCUT2D eigenvalue weighted by Gasteiger charge is 2.68. The van der Waals surface area contributed by atoms with E-state index in [4.69, 9.17) is 0 Å². The van der Waals surface area contributed by atoms with E-state index in [0.29, 0.717) is 5.92 Å². The molecule has 82 valence electrons. The number of hydrogen-bond acceptors (Lipinski definition) is 2. The summed E-state index contributed by atoms with van der Waals surface area (Å²) in [6.07, 6.45) is 3.98. The van der Waals surface area contributed by atoms with Crippen molar-refractivity contribution in [3.63, 3.8) is 0 Å². The third-order valence-electron chi connectivity index (χ3n) is 5.39. The third kappa shape index (κ3) is 0.938. The molecule has 0 amide bonds. The maximum atomic E-state index is 10.5. The second kappa shape index (κ2) is 2.73. The Morgan fingerprint density at radius 2 is 1.93 bits per heavy atom. The van der Waals surface area contributed by atoms with Crippen molar-refractivity contribution in [3.05, 3.63) is 0 Å². The van der Waals surface area contributed by atoms with Crippen LogP contribution in [-0.2, 0) is 0 Å². The molecule has 2 heteroatoms. The van der Waals surface area contributed by atoms with Gasteiger partial charge in [-0.25, -0.2) is 0 Å². The number of hydrogen-bond donors (Lipinski definition) is 2. The Kier molecular flexibility index (Phi) is 2.04. The van der Waals surface area contributed by atoms with E-state index >= 15 is 0 Å². The van der Waals surface area contributed by atoms with Crippen molar-refractivity contribution in [3.8, 4) is 0 Å². The van der Waals surface area contributed by atoms with Gasteiger partial charge < -0.3 is 10.2 Å². The Balaban J connectivity index is 2.41. The van der Waals surface area contributed by atoms with E-state index < -0.39 is 5.60 Å². The van der Waals surface area contributed by atoms with Crippen molar-refractivity contribution in [1.29, 1.82) is 0 Å². The van der Waals surface area contributed by atoms with Crippen LogP contribution in [0.1, 0.15) is 46.5 Å². The normalized spacial score (nSPS) is 49.9. The maximum Gasteiger partial charge on any atom is 0.0684 e. The Bertz CT molecular complexity index is 245. The van der Waals surface area contributed by atoms with Gasteiger partial charge in [0.2, 0.25) is 0 Å². The van der Waals surface area contributed by atoms with E-state index in [1.54, 1.807) is 0 Å². The van der Waals surface area contributed by atoms with Crippen LogP contribution in [0.2, 0.25) is 0 Å². The van der Waals surface area contributed by atoms with Crippen LogP contribution < -0.4 is 0 Å². The van der Waals surface area contributed by atoms with Crippen molar-refractivity contribution in [1.82, 2.24) is 0 Å². The van der Waals surface area contributed by atoms with Crippen LogP contribution in [0.3, 0.4) is 0 Å². The molecule has 2 N–H and O–H groups in total. The highest BCUT2D eigenvalue weighted by molar-refractivity contribution is 5.17. The Labute approximate surface area is 86.3 Å². The highest BCUT2D eigenvalue weighted by Crippen LogP contribution is 2.70. The molecule has 2 bridgehead atoms. The monoisotopic (exact) mass is 198 g/mol. The van der Waals surface area contributed by atoms with Gasteiger partial charge in [0, 0.05) is 12.0 Å². The first-order chi connectivity index (χ1) is 6.37. The van der Waals surface area contributed by atoms with Gasteiger partial charge in [0.15, 0.2) is 0 Å². The zero-order valence-electron chi connectivity index (χ0n) is 9.51. The molecule has 2 saturated carbocycles. The Morgan fingerprint density at radius 3 is 2.29 bits per heavy atom. The summed E-state index contributed by atoms with van der Waals surface area (Å²) in [5.74, 6) is 0.643. The number of aliphatic hydroxyl groups excluding tert-OH is 1. The minimum absolute atomic E-state index is 0.0422. The highest BCUT2D eigenvalue weighted by atomic mass is 16.3. The smallest absolute Gasteiger partial charge is 0.0684 e. The van der Waals surface area contributed by atoms with Gasteiger partial charge in [-0.05, 0) is 43.9 Å². The molecule has 0 heterocycles. The molecule has 0 aromatic rings. The molecule has 0 radical (unpaired) electrons. The average molecular weight is 198 g/mol. The van der Waals surface area contributed by atoms with Crippen LogP contribution >= 0.6 is 0 Å². The van der Waals surface area contributed by atoms with Crippen molar-refractivity contribution in [2.75, 3.05) is 6.61 Å². The van der Waals surface area contributed by atoms with E-state index in [2.05, 4.69) is 13.8 Å². The summed E-state index contributed by atoms with van der Waals surface area (Å²) in [7, 11) is 0. The fourth-order valence-corrected chi connectivity index (χ4v) is 4.40. The molecule has 0 unspecified atom stereocenters. The zero-order chi connectivity index (χ0) is 10.6. The molecule has 3 atom stereocenters. The molecule has 0 aromatic carbocycles. The van der Waals surface area contributed by atoms with Crippen LogP contribution in [0.15, 0.2) is 0 Å². The molecule has 0 aliphatic heterocycles. The summed E-state index contributed by atoms with van der Waals surface area (Å²) in [5.41, 5.74) is -0.416. The summed E-state index contributed by atoms with van der Waals surface area (Å²) in [6.45, 7) is 6.69. The predicted octanol–water partition coefficient (Wildman–Crippen LogP) is 1.95. The topological polar surface area (TPSA) is 40.5 Å². The second-order valence-electron chi connectivity index (χ2n) is 5.99. The molecule has 2 aliphatic carbocycles. The summed E-state index contributed by atoms with van der Waals surface area (Å²) in [5, 5.41) is 19.7. The van der Waals surface area contributed by atoms with Crippen molar-refractivity contribution >= 4 is 0 Å². The van der Waals surface area contributed by atoms with E-state index in [-0.39, 0.29) is 17.4 Å². The summed E-state index contributed by atoms with van der Waals surface area (Å²) in [6, 6.07) is 0. The number of rotatable bonds is 2. The number of fused-ring (bicyclic) bond motifs is 2. The van der Waals surface area contributed by atoms with Crippen LogP contribution in [0.4, 0.5) is 0 Å². The molecule has 14 heavy (non-hydrogen) atoms. The standard InChI is InChI=1S/C12H22O2/c1-10(2)9-4-5-12(10,6-7-13)11(3,14)8-9/h9,13-14H,4-8H2,1-3H3/t9-,11-,12+/m0/s1. The van der Waals surface area contributed by atoms with Crippen LogP contribution in [0.25, 0.3) is 0 Å². The van der Waals surface area contributed by atoms with Crippen LogP contribution in [0, 0.1) is 16.7 Å². The Hall–Kier alpha value is -0.0800. The minimum atomic E-state index is -0.567. The van der Waals surface area contributed by atoms with Gasteiger partial charge >= 0.3 is 0 Å². The first kappa shape index (κ1) is 10.4. The molecular formula is C12H22O2. The molecule has 0 spiro atoms. The van der Waals surface area contributed by atoms with Crippen molar-refractivity contribution in [2.45, 2.75) is 52.1 Å². The fourth-order valence-electron chi connectivity index (χ4n) is 4.40. The second-order valence-corrected chi connectivity index (χ2v) is 5.99. The van der Waals surface area contributed by atoms with E-state index in [1.807, 2.05) is 6.92 Å². The van der Waals surface area contributed by atoms with Crippen molar-refractivity contribution < 1.29 is 10.2 Å². The van der Waals surface area contributed by atoms with Crippen LogP contribution in [0.5, 0.6) is 0 Å². The van der Waals surface area contributed by atoms with Gasteiger partial charge in [0.1, 0.15) is 0 Å². The Morgan fingerprint density at radius 1 is 1.29 bits per heavy atom. The average Bonchev–Trinajstić information content (AvgIpc) is 2.35. The maximum absolute atomic E-state index is 10.5. The van der Waals surface area contributed by atoms with Gasteiger partial charge in [-0.15, -0.1) is 0 Å². The SMILES string of the molecule is CC1(C)[C@H]2CC[C@]1(CCO)[C@@](C)(O)C2.